The van der Waals surface area contributed by atoms with Crippen LogP contribution in [0.4, 0.5) is 0 Å². The van der Waals surface area contributed by atoms with Gasteiger partial charge in [-0.05, 0) is 38.6 Å². The van der Waals surface area contributed by atoms with Crippen LogP contribution in [0.5, 0.6) is 0 Å². The van der Waals surface area contributed by atoms with Crippen molar-refractivity contribution in [2.24, 2.45) is 5.92 Å². The lowest BCUT2D eigenvalue weighted by Gasteiger charge is -2.20. The fraction of sp³-hybridized carbons (Fsp3) is 0.579. The van der Waals surface area contributed by atoms with E-state index in [0.717, 1.165) is 18.7 Å². The molecule has 1 N–H and O–H groups in total. The Hall–Kier alpha value is -1.88. The first-order valence-corrected chi connectivity index (χ1v) is 8.74. The molecule has 1 aromatic carbocycles. The Balaban J connectivity index is 1.88. The summed E-state index contributed by atoms with van der Waals surface area (Å²) >= 11 is 0. The third-order valence-electron chi connectivity index (χ3n) is 4.60. The molecular formula is C19H29N3O2. The maximum absolute atomic E-state index is 12.3. The van der Waals surface area contributed by atoms with Crippen LogP contribution < -0.4 is 5.32 Å². The van der Waals surface area contributed by atoms with E-state index >= 15 is 0 Å². The Morgan fingerprint density at radius 2 is 2.08 bits per heavy atom. The Morgan fingerprint density at radius 1 is 1.38 bits per heavy atom. The summed E-state index contributed by atoms with van der Waals surface area (Å²) in [6, 6.07) is 8.44. The molecule has 1 fully saturated rings. The van der Waals surface area contributed by atoms with Crippen molar-refractivity contribution in [2.45, 2.75) is 46.3 Å². The number of nitrogens with one attached hydrogen (secondary N) is 1. The van der Waals surface area contributed by atoms with Gasteiger partial charge in [0.05, 0.1) is 5.92 Å². The van der Waals surface area contributed by atoms with Crippen LogP contribution in [-0.4, -0.2) is 47.8 Å². The molecular weight excluding hydrogens is 302 g/mol. The van der Waals surface area contributed by atoms with Gasteiger partial charge in [0.15, 0.2) is 0 Å². The summed E-state index contributed by atoms with van der Waals surface area (Å²) in [5.74, 6) is -0.174. The van der Waals surface area contributed by atoms with E-state index < -0.39 is 0 Å². The topological polar surface area (TPSA) is 52.7 Å². The van der Waals surface area contributed by atoms with E-state index in [4.69, 9.17) is 0 Å². The molecule has 0 radical (unpaired) electrons. The lowest BCUT2D eigenvalue weighted by molar-refractivity contribution is -0.129. The Labute approximate surface area is 145 Å². The zero-order valence-electron chi connectivity index (χ0n) is 15.2. The molecule has 0 aromatic heterocycles. The predicted molar refractivity (Wildman–Crippen MR) is 95.3 cm³/mol. The van der Waals surface area contributed by atoms with Crippen LogP contribution in [0, 0.1) is 5.92 Å². The van der Waals surface area contributed by atoms with Gasteiger partial charge in [0.2, 0.25) is 11.8 Å². The second-order valence-corrected chi connectivity index (χ2v) is 6.91. The van der Waals surface area contributed by atoms with E-state index in [-0.39, 0.29) is 23.8 Å². The van der Waals surface area contributed by atoms with Gasteiger partial charge in [0.1, 0.15) is 0 Å². The number of hydrogen-bond acceptors (Lipinski definition) is 3. The second-order valence-electron chi connectivity index (χ2n) is 6.91. The maximum atomic E-state index is 12.3. The van der Waals surface area contributed by atoms with E-state index in [1.165, 1.54) is 5.56 Å². The van der Waals surface area contributed by atoms with Crippen molar-refractivity contribution in [3.05, 3.63) is 35.4 Å². The summed E-state index contributed by atoms with van der Waals surface area (Å²) in [6.07, 6.45) is 0.325. The van der Waals surface area contributed by atoms with Crippen LogP contribution in [-0.2, 0) is 22.7 Å². The summed E-state index contributed by atoms with van der Waals surface area (Å²) in [5.41, 5.74) is 2.34. The minimum absolute atomic E-state index is 0.0254. The molecule has 0 bridgehead atoms. The molecule has 0 unspecified atom stereocenters. The molecule has 132 valence electrons. The molecule has 2 rings (SSSR count). The third-order valence-corrected chi connectivity index (χ3v) is 4.60. The van der Waals surface area contributed by atoms with Crippen LogP contribution in [0.3, 0.4) is 0 Å². The van der Waals surface area contributed by atoms with Gasteiger partial charge in [0, 0.05) is 32.1 Å². The van der Waals surface area contributed by atoms with Crippen LogP contribution >= 0.6 is 0 Å². The van der Waals surface area contributed by atoms with Gasteiger partial charge in [-0.2, -0.15) is 0 Å². The van der Waals surface area contributed by atoms with Crippen molar-refractivity contribution in [1.29, 1.82) is 0 Å². The summed E-state index contributed by atoms with van der Waals surface area (Å²) in [6.45, 7) is 9.04. The molecule has 5 heteroatoms. The highest BCUT2D eigenvalue weighted by molar-refractivity contribution is 5.89. The zero-order valence-corrected chi connectivity index (χ0v) is 15.2. The van der Waals surface area contributed by atoms with Crippen molar-refractivity contribution in [3.63, 3.8) is 0 Å². The quantitative estimate of drug-likeness (QED) is 0.831. The highest BCUT2D eigenvalue weighted by atomic mass is 16.2. The van der Waals surface area contributed by atoms with Gasteiger partial charge in [-0.15, -0.1) is 0 Å². The first-order chi connectivity index (χ1) is 11.4. The number of rotatable bonds is 7. The minimum atomic E-state index is -0.227. The molecule has 1 aromatic rings. The van der Waals surface area contributed by atoms with Crippen LogP contribution in [0.1, 0.15) is 38.3 Å². The summed E-state index contributed by atoms with van der Waals surface area (Å²) in [4.78, 5) is 28.3. The SMILES string of the molecule is CCN(C)Cc1cccc(CNC(=O)[C@H]2CC(=O)N(C(C)C)C2)c1. The fourth-order valence-electron chi connectivity index (χ4n) is 3.00. The Kier molecular flexibility index (Phi) is 6.37. The van der Waals surface area contributed by atoms with Gasteiger partial charge < -0.3 is 15.1 Å². The molecule has 1 saturated heterocycles. The minimum Gasteiger partial charge on any atom is -0.352 e. The number of carbonyl (C=O) groups is 2. The van der Waals surface area contributed by atoms with Crippen molar-refractivity contribution in [3.8, 4) is 0 Å². The predicted octanol–water partition coefficient (Wildman–Crippen LogP) is 2.01. The van der Waals surface area contributed by atoms with Gasteiger partial charge >= 0.3 is 0 Å². The molecule has 24 heavy (non-hydrogen) atoms. The molecule has 1 atom stereocenters. The van der Waals surface area contributed by atoms with Crippen molar-refractivity contribution >= 4 is 11.8 Å². The summed E-state index contributed by atoms with van der Waals surface area (Å²) in [7, 11) is 2.09. The van der Waals surface area contributed by atoms with Crippen LogP contribution in [0.15, 0.2) is 24.3 Å². The van der Waals surface area contributed by atoms with Crippen LogP contribution in [0.2, 0.25) is 0 Å². The summed E-state index contributed by atoms with van der Waals surface area (Å²) in [5, 5.41) is 2.98. The second kappa shape index (κ2) is 8.29. The van der Waals surface area contributed by atoms with Crippen molar-refractivity contribution in [2.75, 3.05) is 20.1 Å². The molecule has 1 heterocycles. The fourth-order valence-corrected chi connectivity index (χ4v) is 3.00. The largest absolute Gasteiger partial charge is 0.352 e. The van der Waals surface area contributed by atoms with Crippen molar-refractivity contribution in [1.82, 2.24) is 15.1 Å². The molecule has 1 aliphatic rings. The normalized spacial score (nSPS) is 17.8. The molecule has 2 amide bonds. The van der Waals surface area contributed by atoms with Gasteiger partial charge in [-0.1, -0.05) is 31.2 Å². The highest BCUT2D eigenvalue weighted by Crippen LogP contribution is 2.20. The van der Waals surface area contributed by atoms with E-state index in [0.29, 0.717) is 19.5 Å². The molecule has 5 nitrogen and oxygen atoms in total. The van der Waals surface area contributed by atoms with Gasteiger partial charge in [-0.25, -0.2) is 0 Å². The zero-order chi connectivity index (χ0) is 17.7. The average molecular weight is 331 g/mol. The summed E-state index contributed by atoms with van der Waals surface area (Å²) < 4.78 is 0. The molecule has 0 aliphatic carbocycles. The number of likely N-dealkylation sites (tertiary alicyclic amines) is 1. The first kappa shape index (κ1) is 18.5. The van der Waals surface area contributed by atoms with Crippen molar-refractivity contribution < 1.29 is 9.59 Å². The molecule has 1 aliphatic heterocycles. The number of hydrogen-bond donors (Lipinski definition) is 1. The number of amides is 2. The smallest absolute Gasteiger partial charge is 0.225 e. The Bertz CT molecular complexity index is 586. The Morgan fingerprint density at radius 3 is 2.71 bits per heavy atom. The third kappa shape index (κ3) is 4.81. The lowest BCUT2D eigenvalue weighted by atomic mass is 10.1. The van der Waals surface area contributed by atoms with Crippen LogP contribution in [0.25, 0.3) is 0 Å². The first-order valence-electron chi connectivity index (χ1n) is 8.74. The molecule has 0 saturated carbocycles. The highest BCUT2D eigenvalue weighted by Gasteiger charge is 2.35. The number of nitrogens with zero attached hydrogens (tertiary/aromatic N) is 2. The van der Waals surface area contributed by atoms with E-state index in [1.807, 2.05) is 26.0 Å². The number of carbonyl (C=O) groups excluding carboxylic acids is 2. The van der Waals surface area contributed by atoms with E-state index in [1.54, 1.807) is 4.90 Å². The average Bonchev–Trinajstić information content (AvgIpc) is 2.95. The van der Waals surface area contributed by atoms with E-state index in [2.05, 4.69) is 36.3 Å². The standard InChI is InChI=1S/C19H29N3O2/c1-5-21(4)12-16-8-6-7-15(9-16)11-20-19(24)17-10-18(23)22(13-17)14(2)3/h6-9,14,17H,5,10-13H2,1-4H3,(H,20,24)/t17-/m0/s1. The van der Waals surface area contributed by atoms with Gasteiger partial charge in [0.25, 0.3) is 0 Å². The monoisotopic (exact) mass is 331 g/mol. The maximum Gasteiger partial charge on any atom is 0.225 e. The number of benzene rings is 1. The van der Waals surface area contributed by atoms with Gasteiger partial charge in [-0.3, -0.25) is 9.59 Å². The van der Waals surface area contributed by atoms with E-state index in [9.17, 15) is 9.59 Å². The lowest BCUT2D eigenvalue weighted by Crippen LogP contribution is -2.35. The molecule has 0 spiro atoms.